The fourth-order valence-electron chi connectivity index (χ4n) is 1.65. The third-order valence-corrected chi connectivity index (χ3v) is 2.64. The molecule has 0 bridgehead atoms. The Labute approximate surface area is 117 Å². The van der Waals surface area contributed by atoms with Gasteiger partial charge in [-0.1, -0.05) is 19.1 Å². The minimum Gasteiger partial charge on any atom is -0.379 e. The number of nitro groups is 1. The maximum atomic E-state index is 11.5. The molecule has 0 saturated carbocycles. The number of rotatable bonds is 9. The lowest BCUT2D eigenvalue weighted by atomic mass is 10.2. The van der Waals surface area contributed by atoms with Crippen LogP contribution >= 0.6 is 0 Å². The second-order valence-corrected chi connectivity index (χ2v) is 4.15. The molecule has 0 fully saturated rings. The summed E-state index contributed by atoms with van der Waals surface area (Å²) in [5, 5.41) is 19.6. The monoisotopic (exact) mass is 280 g/mol. The summed E-state index contributed by atoms with van der Waals surface area (Å²) >= 11 is 0. The largest absolute Gasteiger partial charge is 0.379 e. The minimum atomic E-state index is -0.446. The van der Waals surface area contributed by atoms with Crippen molar-refractivity contribution in [2.75, 3.05) is 31.5 Å². The third-order valence-electron chi connectivity index (χ3n) is 2.64. The van der Waals surface area contributed by atoms with Crippen LogP contribution in [0.4, 0.5) is 11.4 Å². The average molecular weight is 280 g/mol. The van der Waals surface area contributed by atoms with Gasteiger partial charge >= 0.3 is 0 Å². The molecular weight excluding hydrogens is 260 g/mol. The summed E-state index contributed by atoms with van der Waals surface area (Å²) < 4.78 is 0. The Balaban J connectivity index is 2.30. The molecule has 0 aliphatic rings. The van der Waals surface area contributed by atoms with Crippen LogP contribution in [-0.4, -0.2) is 37.0 Å². The number of nitrogens with one attached hydrogen (secondary N) is 3. The number of carbonyl (C=O) groups is 1. The van der Waals surface area contributed by atoms with Gasteiger partial charge in [-0.3, -0.25) is 14.9 Å². The Kier molecular flexibility index (Phi) is 7.05. The van der Waals surface area contributed by atoms with Crippen LogP contribution < -0.4 is 16.0 Å². The van der Waals surface area contributed by atoms with Crippen molar-refractivity contribution in [2.45, 2.75) is 13.3 Å². The van der Waals surface area contributed by atoms with Gasteiger partial charge in [0.25, 0.3) is 5.69 Å². The molecular formula is C13H20N4O3. The van der Waals surface area contributed by atoms with E-state index in [0.29, 0.717) is 18.8 Å². The van der Waals surface area contributed by atoms with E-state index in [4.69, 9.17) is 0 Å². The number of hydrogen-bond donors (Lipinski definition) is 3. The number of benzene rings is 1. The molecule has 0 unspecified atom stereocenters. The van der Waals surface area contributed by atoms with Gasteiger partial charge < -0.3 is 16.0 Å². The zero-order chi connectivity index (χ0) is 14.8. The highest BCUT2D eigenvalue weighted by Crippen LogP contribution is 2.22. The molecule has 20 heavy (non-hydrogen) atoms. The molecule has 7 nitrogen and oxygen atoms in total. The summed E-state index contributed by atoms with van der Waals surface area (Å²) in [7, 11) is 0. The van der Waals surface area contributed by atoms with E-state index in [1.54, 1.807) is 18.2 Å². The Morgan fingerprint density at radius 2 is 2.00 bits per heavy atom. The molecule has 0 aliphatic heterocycles. The first-order valence-corrected chi connectivity index (χ1v) is 6.60. The normalized spacial score (nSPS) is 10.1. The van der Waals surface area contributed by atoms with Gasteiger partial charge in [-0.15, -0.1) is 0 Å². The van der Waals surface area contributed by atoms with Crippen LogP contribution in [0.15, 0.2) is 24.3 Å². The van der Waals surface area contributed by atoms with E-state index in [2.05, 4.69) is 16.0 Å². The van der Waals surface area contributed by atoms with Crippen molar-refractivity contribution in [3.63, 3.8) is 0 Å². The van der Waals surface area contributed by atoms with Crippen LogP contribution in [0.5, 0.6) is 0 Å². The van der Waals surface area contributed by atoms with Crippen LogP contribution in [0, 0.1) is 10.1 Å². The molecule has 1 aromatic carbocycles. The molecule has 7 heteroatoms. The molecule has 0 spiro atoms. The molecule has 1 rings (SSSR count). The Hall–Kier alpha value is -2.15. The highest BCUT2D eigenvalue weighted by Gasteiger charge is 2.11. The Morgan fingerprint density at radius 1 is 1.25 bits per heavy atom. The Bertz CT molecular complexity index is 451. The minimum absolute atomic E-state index is 0.0139. The molecule has 1 amide bonds. The molecule has 0 saturated heterocycles. The topological polar surface area (TPSA) is 96.3 Å². The quantitative estimate of drug-likeness (QED) is 0.358. The van der Waals surface area contributed by atoms with Gasteiger partial charge in [0.2, 0.25) is 5.91 Å². The van der Waals surface area contributed by atoms with Gasteiger partial charge in [0.15, 0.2) is 0 Å². The maximum absolute atomic E-state index is 11.5. The Morgan fingerprint density at radius 3 is 2.70 bits per heavy atom. The summed E-state index contributed by atoms with van der Waals surface area (Å²) in [6, 6.07) is 6.38. The first-order chi connectivity index (χ1) is 9.65. The second kappa shape index (κ2) is 8.87. The van der Waals surface area contributed by atoms with Crippen LogP contribution in [0.1, 0.15) is 13.3 Å². The predicted molar refractivity (Wildman–Crippen MR) is 77.8 cm³/mol. The molecule has 0 radical (unpaired) electrons. The van der Waals surface area contributed by atoms with Crippen molar-refractivity contribution in [1.82, 2.24) is 10.6 Å². The van der Waals surface area contributed by atoms with Crippen molar-refractivity contribution in [2.24, 2.45) is 0 Å². The van der Waals surface area contributed by atoms with Crippen molar-refractivity contribution < 1.29 is 9.72 Å². The van der Waals surface area contributed by atoms with Crippen molar-refractivity contribution >= 4 is 17.3 Å². The van der Waals surface area contributed by atoms with E-state index in [-0.39, 0.29) is 18.0 Å². The van der Waals surface area contributed by atoms with Crippen LogP contribution in [0.3, 0.4) is 0 Å². The summed E-state index contributed by atoms with van der Waals surface area (Å²) in [6.07, 6.45) is 0.276. The molecule has 0 aromatic heterocycles. The SMILES string of the molecule is CCNCCNC(=O)CCNc1ccccc1[N+](=O)[O-]. The molecule has 3 N–H and O–H groups in total. The van der Waals surface area contributed by atoms with Gasteiger partial charge in [-0.2, -0.15) is 0 Å². The number of likely N-dealkylation sites (N-methyl/N-ethyl adjacent to an activating group) is 1. The number of nitro benzene ring substituents is 1. The first-order valence-electron chi connectivity index (χ1n) is 6.60. The number of hydrogen-bond acceptors (Lipinski definition) is 5. The van der Waals surface area contributed by atoms with E-state index in [1.807, 2.05) is 6.92 Å². The maximum Gasteiger partial charge on any atom is 0.292 e. The number of carbonyl (C=O) groups excluding carboxylic acids is 1. The van der Waals surface area contributed by atoms with Gasteiger partial charge in [0, 0.05) is 32.1 Å². The van der Waals surface area contributed by atoms with Crippen molar-refractivity contribution in [3.8, 4) is 0 Å². The zero-order valence-electron chi connectivity index (χ0n) is 11.5. The van der Waals surface area contributed by atoms with E-state index in [1.165, 1.54) is 6.07 Å². The number of para-hydroxylation sites is 2. The summed E-state index contributed by atoms with van der Waals surface area (Å²) in [6.45, 7) is 4.55. The highest BCUT2D eigenvalue weighted by atomic mass is 16.6. The van der Waals surface area contributed by atoms with E-state index < -0.39 is 4.92 Å². The molecule has 0 aliphatic carbocycles. The van der Waals surface area contributed by atoms with Crippen LogP contribution in [0.25, 0.3) is 0 Å². The van der Waals surface area contributed by atoms with Crippen LogP contribution in [-0.2, 0) is 4.79 Å². The lowest BCUT2D eigenvalue weighted by Crippen LogP contribution is -2.32. The number of nitrogens with zero attached hydrogens (tertiary/aromatic N) is 1. The second-order valence-electron chi connectivity index (χ2n) is 4.15. The van der Waals surface area contributed by atoms with E-state index in [9.17, 15) is 14.9 Å². The van der Waals surface area contributed by atoms with Gasteiger partial charge in [-0.05, 0) is 12.6 Å². The summed E-state index contributed by atoms with van der Waals surface area (Å²) in [4.78, 5) is 21.9. The molecule has 0 heterocycles. The first kappa shape index (κ1) is 15.9. The number of amides is 1. The average Bonchev–Trinajstić information content (AvgIpc) is 2.44. The zero-order valence-corrected chi connectivity index (χ0v) is 11.5. The van der Waals surface area contributed by atoms with Crippen LogP contribution in [0.2, 0.25) is 0 Å². The van der Waals surface area contributed by atoms with Gasteiger partial charge in [0.1, 0.15) is 5.69 Å². The summed E-state index contributed by atoms with van der Waals surface area (Å²) in [5.74, 6) is -0.0750. The van der Waals surface area contributed by atoms with E-state index >= 15 is 0 Å². The fourth-order valence-corrected chi connectivity index (χ4v) is 1.65. The standard InChI is InChI=1S/C13H20N4O3/c1-2-14-9-10-16-13(18)7-8-15-11-5-3-4-6-12(11)17(19)20/h3-6,14-15H,2,7-10H2,1H3,(H,16,18). The molecule has 1 aromatic rings. The molecule has 0 atom stereocenters. The summed E-state index contributed by atoms with van der Waals surface area (Å²) in [5.41, 5.74) is 0.443. The lowest BCUT2D eigenvalue weighted by molar-refractivity contribution is -0.384. The highest BCUT2D eigenvalue weighted by molar-refractivity contribution is 5.76. The van der Waals surface area contributed by atoms with Crippen molar-refractivity contribution in [3.05, 3.63) is 34.4 Å². The lowest BCUT2D eigenvalue weighted by Gasteiger charge is -2.08. The third kappa shape index (κ3) is 5.66. The predicted octanol–water partition coefficient (Wildman–Crippen LogP) is 1.12. The van der Waals surface area contributed by atoms with E-state index in [0.717, 1.165) is 13.1 Å². The smallest absolute Gasteiger partial charge is 0.292 e. The molecule has 110 valence electrons. The fraction of sp³-hybridized carbons (Fsp3) is 0.462. The van der Waals surface area contributed by atoms with Crippen molar-refractivity contribution in [1.29, 1.82) is 0 Å². The van der Waals surface area contributed by atoms with Gasteiger partial charge in [0.05, 0.1) is 4.92 Å². The number of anilines is 1. The van der Waals surface area contributed by atoms with Gasteiger partial charge in [-0.25, -0.2) is 0 Å².